The van der Waals surface area contributed by atoms with Crippen molar-refractivity contribution < 1.29 is 22.8 Å². The van der Waals surface area contributed by atoms with E-state index in [4.69, 9.17) is 0 Å². The second-order valence-electron chi connectivity index (χ2n) is 4.81. The maximum Gasteiger partial charge on any atom is 0.471 e. The molecule has 0 fully saturated rings. The minimum absolute atomic E-state index is 0.529. The Morgan fingerprint density at radius 1 is 1.14 bits per heavy atom. The van der Waals surface area contributed by atoms with Crippen LogP contribution in [0.15, 0.2) is 30.3 Å². The lowest BCUT2D eigenvalue weighted by molar-refractivity contribution is -0.188. The van der Waals surface area contributed by atoms with Gasteiger partial charge in [0.05, 0.1) is 6.04 Å². The summed E-state index contributed by atoms with van der Waals surface area (Å²) in [5.74, 6) is -2.59. The zero-order valence-electron chi connectivity index (χ0n) is 12.0. The highest BCUT2D eigenvalue weighted by Crippen LogP contribution is 2.26. The largest absolute Gasteiger partial charge is 0.471 e. The van der Waals surface area contributed by atoms with Crippen LogP contribution in [0.2, 0.25) is 0 Å². The third-order valence-corrected chi connectivity index (χ3v) is 3.06. The number of benzene rings is 1. The number of rotatable bonds is 4. The van der Waals surface area contributed by atoms with E-state index in [1.165, 1.54) is 21.0 Å². The lowest BCUT2D eigenvalue weighted by Gasteiger charge is -2.30. The summed E-state index contributed by atoms with van der Waals surface area (Å²) >= 11 is 0. The van der Waals surface area contributed by atoms with Crippen molar-refractivity contribution in [2.24, 2.45) is 0 Å². The van der Waals surface area contributed by atoms with E-state index in [0.717, 1.165) is 4.90 Å². The molecule has 0 aliphatic carbocycles. The number of amides is 2. The smallest absolute Gasteiger partial charge is 0.347 e. The molecule has 1 aromatic rings. The van der Waals surface area contributed by atoms with Gasteiger partial charge in [-0.05, 0) is 12.5 Å². The monoisotopic (exact) mass is 302 g/mol. The second-order valence-corrected chi connectivity index (χ2v) is 4.81. The predicted octanol–water partition coefficient (Wildman–Crippen LogP) is 2.23. The zero-order valence-corrected chi connectivity index (χ0v) is 12.0. The molecule has 1 rings (SSSR count). The zero-order chi connectivity index (χ0) is 16.2. The molecule has 0 unspecified atom stereocenters. The Morgan fingerprint density at radius 3 is 2.10 bits per heavy atom. The number of halogens is 3. The van der Waals surface area contributed by atoms with Gasteiger partial charge in [0.2, 0.25) is 5.91 Å². The summed E-state index contributed by atoms with van der Waals surface area (Å²) in [5, 5.41) is 0. The number of likely N-dealkylation sites (N-methyl/N-ethyl adjacent to an activating group) is 1. The van der Waals surface area contributed by atoms with Gasteiger partial charge in [0.25, 0.3) is 0 Å². The van der Waals surface area contributed by atoms with E-state index in [0.29, 0.717) is 10.5 Å². The number of hydrogen-bond donors (Lipinski definition) is 0. The quantitative estimate of drug-likeness (QED) is 0.856. The number of nitrogens with zero attached hydrogens (tertiary/aromatic N) is 2. The van der Waals surface area contributed by atoms with Crippen molar-refractivity contribution in [3.63, 3.8) is 0 Å². The number of alkyl halides is 3. The van der Waals surface area contributed by atoms with Crippen LogP contribution in [0.4, 0.5) is 13.2 Å². The molecule has 0 aliphatic heterocycles. The lowest BCUT2D eigenvalue weighted by Crippen LogP contribution is -2.47. The molecule has 0 saturated carbocycles. The van der Waals surface area contributed by atoms with E-state index in [1.807, 2.05) is 0 Å². The van der Waals surface area contributed by atoms with Crippen LogP contribution in [0.1, 0.15) is 18.5 Å². The van der Waals surface area contributed by atoms with Crippen LogP contribution in [0.5, 0.6) is 0 Å². The standard InChI is InChI=1S/C14H17F3N2O2/c1-10(11-7-5-4-6-8-11)19(9-12(20)18(2)3)13(21)14(15,16)17/h4-8,10H,9H2,1-3H3/t10-/m0/s1. The van der Waals surface area contributed by atoms with Gasteiger partial charge < -0.3 is 9.80 Å². The average Bonchev–Trinajstić information content (AvgIpc) is 2.42. The molecular weight excluding hydrogens is 285 g/mol. The maximum absolute atomic E-state index is 12.7. The van der Waals surface area contributed by atoms with Crippen molar-refractivity contribution >= 4 is 11.8 Å². The van der Waals surface area contributed by atoms with Gasteiger partial charge in [0.1, 0.15) is 6.54 Å². The van der Waals surface area contributed by atoms with Crippen LogP contribution < -0.4 is 0 Å². The third kappa shape index (κ3) is 4.47. The molecule has 0 bridgehead atoms. The van der Waals surface area contributed by atoms with Crippen molar-refractivity contribution in [2.45, 2.75) is 19.1 Å². The van der Waals surface area contributed by atoms with Gasteiger partial charge in [-0.2, -0.15) is 13.2 Å². The van der Waals surface area contributed by atoms with Gasteiger partial charge >= 0.3 is 12.1 Å². The molecule has 1 atom stereocenters. The van der Waals surface area contributed by atoms with Crippen molar-refractivity contribution in [3.05, 3.63) is 35.9 Å². The van der Waals surface area contributed by atoms with Gasteiger partial charge in [-0.25, -0.2) is 0 Å². The van der Waals surface area contributed by atoms with Crippen LogP contribution in [0.25, 0.3) is 0 Å². The van der Waals surface area contributed by atoms with E-state index in [-0.39, 0.29) is 0 Å². The first kappa shape index (κ1) is 17.0. The van der Waals surface area contributed by atoms with Gasteiger partial charge in [0, 0.05) is 14.1 Å². The molecule has 116 valence electrons. The third-order valence-electron chi connectivity index (χ3n) is 3.06. The highest BCUT2D eigenvalue weighted by Gasteiger charge is 2.44. The molecule has 0 heterocycles. The van der Waals surface area contributed by atoms with E-state index in [9.17, 15) is 22.8 Å². The SMILES string of the molecule is C[C@@H](c1ccccc1)N(CC(=O)N(C)C)C(=O)C(F)(F)F. The fourth-order valence-corrected chi connectivity index (χ4v) is 1.75. The first-order valence-corrected chi connectivity index (χ1v) is 6.27. The first-order chi connectivity index (χ1) is 9.64. The minimum Gasteiger partial charge on any atom is -0.347 e. The second kappa shape index (κ2) is 6.60. The van der Waals surface area contributed by atoms with Crippen molar-refractivity contribution in [3.8, 4) is 0 Å². The molecule has 0 N–H and O–H groups in total. The summed E-state index contributed by atoms with van der Waals surface area (Å²) in [5.41, 5.74) is 0.529. The fourth-order valence-electron chi connectivity index (χ4n) is 1.75. The summed E-state index contributed by atoms with van der Waals surface area (Å²) in [7, 11) is 2.84. The van der Waals surface area contributed by atoms with Gasteiger partial charge in [-0.3, -0.25) is 9.59 Å². The summed E-state index contributed by atoms with van der Waals surface area (Å²) in [6, 6.07) is 7.41. The molecule has 2 amide bonds. The normalized spacial score (nSPS) is 12.7. The van der Waals surface area contributed by atoms with Crippen molar-refractivity contribution in [1.29, 1.82) is 0 Å². The Hall–Kier alpha value is -2.05. The molecule has 4 nitrogen and oxygen atoms in total. The fraction of sp³-hybridized carbons (Fsp3) is 0.429. The predicted molar refractivity (Wildman–Crippen MR) is 71.3 cm³/mol. The van der Waals surface area contributed by atoms with E-state index in [1.54, 1.807) is 30.3 Å². The Bertz CT molecular complexity index is 501. The van der Waals surface area contributed by atoms with Crippen LogP contribution in [0.3, 0.4) is 0 Å². The van der Waals surface area contributed by atoms with Crippen LogP contribution in [-0.4, -0.2) is 48.4 Å². The molecule has 7 heteroatoms. The summed E-state index contributed by atoms with van der Waals surface area (Å²) in [4.78, 5) is 24.9. The molecule has 21 heavy (non-hydrogen) atoms. The molecule has 0 radical (unpaired) electrons. The first-order valence-electron chi connectivity index (χ1n) is 6.27. The number of carbonyl (C=O) groups is 2. The molecule has 0 saturated heterocycles. The van der Waals surface area contributed by atoms with Crippen molar-refractivity contribution in [2.75, 3.05) is 20.6 Å². The average molecular weight is 302 g/mol. The topological polar surface area (TPSA) is 40.6 Å². The highest BCUT2D eigenvalue weighted by atomic mass is 19.4. The Kier molecular flexibility index (Phi) is 5.34. The number of carbonyl (C=O) groups excluding carboxylic acids is 2. The Balaban J connectivity index is 3.07. The van der Waals surface area contributed by atoms with Crippen molar-refractivity contribution in [1.82, 2.24) is 9.80 Å². The highest BCUT2D eigenvalue weighted by molar-refractivity contribution is 5.87. The van der Waals surface area contributed by atoms with E-state index >= 15 is 0 Å². The van der Waals surface area contributed by atoms with E-state index < -0.39 is 30.6 Å². The van der Waals surface area contributed by atoms with Crippen LogP contribution >= 0.6 is 0 Å². The van der Waals surface area contributed by atoms with E-state index in [2.05, 4.69) is 0 Å². The lowest BCUT2D eigenvalue weighted by atomic mass is 10.1. The Morgan fingerprint density at radius 2 is 1.67 bits per heavy atom. The number of hydrogen-bond acceptors (Lipinski definition) is 2. The summed E-state index contributed by atoms with van der Waals surface area (Å²) in [6.45, 7) is 0.837. The molecule has 1 aromatic carbocycles. The molecule has 0 aromatic heterocycles. The minimum atomic E-state index is -5.02. The summed E-state index contributed by atoms with van der Waals surface area (Å²) < 4.78 is 38.1. The van der Waals surface area contributed by atoms with Gasteiger partial charge in [0.15, 0.2) is 0 Å². The summed E-state index contributed by atoms with van der Waals surface area (Å²) in [6.07, 6.45) is -5.02. The molecule has 0 spiro atoms. The molecule has 0 aliphatic rings. The molecular formula is C14H17F3N2O2. The van der Waals surface area contributed by atoms with Gasteiger partial charge in [-0.15, -0.1) is 0 Å². The van der Waals surface area contributed by atoms with Gasteiger partial charge in [-0.1, -0.05) is 30.3 Å². The van der Waals surface area contributed by atoms with Crippen LogP contribution in [0, 0.1) is 0 Å². The van der Waals surface area contributed by atoms with Crippen LogP contribution in [-0.2, 0) is 9.59 Å². The maximum atomic E-state index is 12.7. The Labute approximate surface area is 121 Å².